The van der Waals surface area contributed by atoms with E-state index in [9.17, 15) is 14.0 Å². The normalized spacial score (nSPS) is 13.0. The summed E-state index contributed by atoms with van der Waals surface area (Å²) in [6.07, 6.45) is 1.53. The van der Waals surface area contributed by atoms with Gasteiger partial charge in [-0.1, -0.05) is 12.1 Å². The summed E-state index contributed by atoms with van der Waals surface area (Å²) in [4.78, 5) is 29.2. The van der Waals surface area contributed by atoms with E-state index in [1.54, 1.807) is 32.3 Å². The molecule has 1 heterocycles. The molecule has 1 amide bonds. The lowest BCUT2D eigenvalue weighted by Gasteiger charge is -2.11. The van der Waals surface area contributed by atoms with Crippen molar-refractivity contribution in [2.45, 2.75) is 6.61 Å². The fraction of sp³-hybridized carbons (Fsp3) is 0.167. The van der Waals surface area contributed by atoms with E-state index in [1.807, 2.05) is 0 Å². The average Bonchev–Trinajstić information content (AvgIpc) is 2.95. The second-order valence-electron chi connectivity index (χ2n) is 5.58. The number of carbonyl (C=O) groups is 2. The molecule has 0 aromatic heterocycles. The fourth-order valence-corrected chi connectivity index (χ4v) is 2.43. The number of nitrogens with zero attached hydrogens (tertiary/aromatic N) is 2. The monoisotopic (exact) mass is 326 g/mol. The first-order valence-electron chi connectivity index (χ1n) is 7.31. The predicted molar refractivity (Wildman–Crippen MR) is 87.2 cm³/mol. The molecule has 0 radical (unpaired) electrons. The number of esters is 1. The van der Waals surface area contributed by atoms with Gasteiger partial charge in [-0.25, -0.2) is 9.18 Å². The second-order valence-corrected chi connectivity index (χ2v) is 5.58. The van der Waals surface area contributed by atoms with Crippen LogP contribution in [0.3, 0.4) is 0 Å². The van der Waals surface area contributed by atoms with Crippen molar-refractivity contribution in [2.75, 3.05) is 14.1 Å². The summed E-state index contributed by atoms with van der Waals surface area (Å²) < 4.78 is 18.8. The summed E-state index contributed by atoms with van der Waals surface area (Å²) in [5.74, 6) is -1.35. The van der Waals surface area contributed by atoms with Crippen molar-refractivity contribution >= 4 is 23.8 Å². The van der Waals surface area contributed by atoms with Crippen LogP contribution < -0.4 is 0 Å². The van der Waals surface area contributed by atoms with Gasteiger partial charge in [-0.3, -0.25) is 9.79 Å². The van der Waals surface area contributed by atoms with Crippen molar-refractivity contribution in [3.63, 3.8) is 0 Å². The highest BCUT2D eigenvalue weighted by Crippen LogP contribution is 2.29. The third-order valence-electron chi connectivity index (χ3n) is 3.70. The summed E-state index contributed by atoms with van der Waals surface area (Å²) in [5, 5.41) is 0. The Kier molecular flexibility index (Phi) is 4.12. The molecule has 0 fully saturated rings. The van der Waals surface area contributed by atoms with E-state index in [-0.39, 0.29) is 18.1 Å². The lowest BCUT2D eigenvalue weighted by molar-refractivity contribution is 0.0535. The Hall–Kier alpha value is -3.02. The van der Waals surface area contributed by atoms with Gasteiger partial charge in [0.1, 0.15) is 12.4 Å². The van der Waals surface area contributed by atoms with E-state index in [4.69, 9.17) is 4.74 Å². The predicted octanol–water partition coefficient (Wildman–Crippen LogP) is 2.95. The molecule has 0 atom stereocenters. The molecule has 2 aromatic carbocycles. The highest BCUT2D eigenvalue weighted by molar-refractivity contribution is 5.97. The van der Waals surface area contributed by atoms with Crippen molar-refractivity contribution < 1.29 is 18.7 Å². The van der Waals surface area contributed by atoms with Crippen molar-refractivity contribution in [3.8, 4) is 0 Å². The zero-order valence-electron chi connectivity index (χ0n) is 13.2. The molecular formula is C18H15FN2O3. The Balaban J connectivity index is 1.93. The minimum absolute atomic E-state index is 0.0132. The summed E-state index contributed by atoms with van der Waals surface area (Å²) in [6, 6.07) is 9.41. The number of amides is 1. The van der Waals surface area contributed by atoms with Crippen molar-refractivity contribution in [2.24, 2.45) is 4.99 Å². The van der Waals surface area contributed by atoms with Crippen LogP contribution in [0.25, 0.3) is 0 Å². The maximum atomic E-state index is 13.8. The first-order chi connectivity index (χ1) is 11.5. The van der Waals surface area contributed by atoms with Crippen LogP contribution in [0.1, 0.15) is 31.8 Å². The zero-order valence-corrected chi connectivity index (χ0v) is 13.2. The Bertz CT molecular complexity index is 859. The van der Waals surface area contributed by atoms with E-state index in [0.717, 1.165) is 5.56 Å². The van der Waals surface area contributed by atoms with Crippen LogP contribution in [0, 0.1) is 5.82 Å². The van der Waals surface area contributed by atoms with Crippen LogP contribution in [0.5, 0.6) is 0 Å². The highest BCUT2D eigenvalue weighted by Gasteiger charge is 2.23. The number of aliphatic imine (C=N–C) groups is 1. The van der Waals surface area contributed by atoms with Gasteiger partial charge >= 0.3 is 5.97 Å². The van der Waals surface area contributed by atoms with Crippen molar-refractivity contribution in [1.82, 2.24) is 4.90 Å². The summed E-state index contributed by atoms with van der Waals surface area (Å²) in [7, 11) is 3.12. The standard InChI is InChI=1S/C18H15FN2O3/c1-21(2)17(22)13-8-11(6-7-15(13)19)9-20-16-5-3-4-12-14(16)10-24-18(12)23/h3-9H,10H2,1-2H3. The van der Waals surface area contributed by atoms with Crippen LogP contribution >= 0.6 is 0 Å². The molecule has 2 aromatic rings. The number of cyclic esters (lactones) is 1. The molecule has 3 rings (SSSR count). The minimum Gasteiger partial charge on any atom is -0.457 e. The van der Waals surface area contributed by atoms with Gasteiger partial charge in [0.25, 0.3) is 5.91 Å². The number of fused-ring (bicyclic) bond motifs is 1. The molecule has 24 heavy (non-hydrogen) atoms. The minimum atomic E-state index is -0.578. The molecule has 0 unspecified atom stereocenters. The molecule has 1 aliphatic rings. The summed E-state index contributed by atoms with van der Waals surface area (Å²) in [5.41, 5.74) is 2.42. The van der Waals surface area contributed by atoms with Gasteiger partial charge in [0.05, 0.1) is 16.8 Å². The average molecular weight is 326 g/mol. The largest absolute Gasteiger partial charge is 0.457 e. The number of carbonyl (C=O) groups excluding carboxylic acids is 2. The summed E-state index contributed by atoms with van der Waals surface area (Å²) in [6.45, 7) is 0.190. The Morgan fingerprint density at radius 1 is 1.29 bits per heavy atom. The first-order valence-corrected chi connectivity index (χ1v) is 7.31. The van der Waals surface area contributed by atoms with Gasteiger partial charge in [0.15, 0.2) is 0 Å². The fourth-order valence-electron chi connectivity index (χ4n) is 2.43. The van der Waals surface area contributed by atoms with Gasteiger partial charge in [0, 0.05) is 25.9 Å². The molecule has 1 aliphatic heterocycles. The van der Waals surface area contributed by atoms with Gasteiger partial charge in [-0.2, -0.15) is 0 Å². The maximum absolute atomic E-state index is 13.8. The lowest BCUT2D eigenvalue weighted by Crippen LogP contribution is -2.22. The Labute approximate surface area is 138 Å². The SMILES string of the molecule is CN(C)C(=O)c1cc(C=Nc2cccc3c2COC3=O)ccc1F. The van der Waals surface area contributed by atoms with Crippen LogP contribution in [-0.4, -0.2) is 37.1 Å². The van der Waals surface area contributed by atoms with E-state index in [2.05, 4.69) is 4.99 Å². The van der Waals surface area contributed by atoms with E-state index in [1.165, 1.54) is 29.3 Å². The molecule has 0 spiro atoms. The molecule has 0 saturated heterocycles. The molecule has 122 valence electrons. The maximum Gasteiger partial charge on any atom is 0.338 e. The van der Waals surface area contributed by atoms with Crippen molar-refractivity contribution in [1.29, 1.82) is 0 Å². The zero-order chi connectivity index (χ0) is 17.3. The van der Waals surface area contributed by atoms with Gasteiger partial charge in [-0.15, -0.1) is 0 Å². The van der Waals surface area contributed by atoms with Crippen LogP contribution in [-0.2, 0) is 11.3 Å². The Morgan fingerprint density at radius 3 is 2.83 bits per heavy atom. The van der Waals surface area contributed by atoms with Crippen molar-refractivity contribution in [3.05, 3.63) is 64.5 Å². The molecule has 0 N–H and O–H groups in total. The van der Waals surface area contributed by atoms with Crippen LogP contribution in [0.4, 0.5) is 10.1 Å². The number of hydrogen-bond acceptors (Lipinski definition) is 4. The lowest BCUT2D eigenvalue weighted by atomic mass is 10.1. The van der Waals surface area contributed by atoms with E-state index in [0.29, 0.717) is 16.8 Å². The van der Waals surface area contributed by atoms with Crippen LogP contribution in [0.15, 0.2) is 41.4 Å². The molecule has 0 saturated carbocycles. The number of halogens is 1. The second kappa shape index (κ2) is 6.23. The number of hydrogen-bond donors (Lipinski definition) is 0. The number of benzene rings is 2. The molecular weight excluding hydrogens is 311 g/mol. The quantitative estimate of drug-likeness (QED) is 0.643. The van der Waals surface area contributed by atoms with Gasteiger partial charge in [-0.05, 0) is 29.8 Å². The molecule has 0 bridgehead atoms. The topological polar surface area (TPSA) is 59.0 Å². The number of ether oxygens (including phenoxy) is 1. The van der Waals surface area contributed by atoms with Gasteiger partial charge in [0.2, 0.25) is 0 Å². The molecule has 0 aliphatic carbocycles. The first kappa shape index (κ1) is 15.9. The third kappa shape index (κ3) is 2.90. The third-order valence-corrected chi connectivity index (χ3v) is 3.70. The molecule has 5 nitrogen and oxygen atoms in total. The van der Waals surface area contributed by atoms with Crippen LogP contribution in [0.2, 0.25) is 0 Å². The highest BCUT2D eigenvalue weighted by atomic mass is 19.1. The smallest absolute Gasteiger partial charge is 0.338 e. The molecule has 6 heteroatoms. The van der Waals surface area contributed by atoms with Gasteiger partial charge < -0.3 is 9.64 Å². The van der Waals surface area contributed by atoms with E-state index >= 15 is 0 Å². The van der Waals surface area contributed by atoms with E-state index < -0.39 is 11.7 Å². The summed E-state index contributed by atoms with van der Waals surface area (Å²) >= 11 is 0. The Morgan fingerprint density at radius 2 is 2.08 bits per heavy atom. The number of rotatable bonds is 3.